The Morgan fingerprint density at radius 1 is 1.33 bits per heavy atom. The molecule has 0 atom stereocenters. The maximum atomic E-state index is 6.24. The van der Waals surface area contributed by atoms with Crippen LogP contribution in [0, 0.1) is 0 Å². The minimum atomic E-state index is 0.382. The molecule has 0 bridgehead atoms. The molecule has 2 heterocycles. The monoisotopic (exact) mass is 323 g/mol. The second-order valence-electron chi connectivity index (χ2n) is 5.18. The predicted octanol–water partition coefficient (Wildman–Crippen LogP) is 4.32. The van der Waals surface area contributed by atoms with Crippen molar-refractivity contribution in [3.05, 3.63) is 45.2 Å². The van der Waals surface area contributed by atoms with E-state index in [1.54, 1.807) is 11.3 Å². The molecule has 0 amide bonds. The summed E-state index contributed by atoms with van der Waals surface area (Å²) in [6, 6.07) is 8.58. The van der Waals surface area contributed by atoms with Gasteiger partial charge in [-0.1, -0.05) is 24.6 Å². The molecule has 114 valence electrons. The van der Waals surface area contributed by atoms with Crippen LogP contribution in [-0.4, -0.2) is 17.6 Å². The van der Waals surface area contributed by atoms with Crippen LogP contribution in [0.4, 0.5) is 5.82 Å². The van der Waals surface area contributed by atoms with Crippen molar-refractivity contribution < 1.29 is 0 Å². The van der Waals surface area contributed by atoms with Crippen molar-refractivity contribution >= 4 is 28.8 Å². The molecule has 2 aromatic rings. The van der Waals surface area contributed by atoms with Crippen LogP contribution in [0.1, 0.15) is 31.3 Å². The molecular formula is C16H22ClN3S. The van der Waals surface area contributed by atoms with Gasteiger partial charge < -0.3 is 10.2 Å². The van der Waals surface area contributed by atoms with Crippen molar-refractivity contribution in [3.63, 3.8) is 0 Å². The number of rotatable bonds is 7. The van der Waals surface area contributed by atoms with Crippen LogP contribution in [-0.2, 0) is 13.1 Å². The van der Waals surface area contributed by atoms with Gasteiger partial charge in [-0.3, -0.25) is 0 Å². The molecular weight excluding hydrogens is 302 g/mol. The summed E-state index contributed by atoms with van der Waals surface area (Å²) in [4.78, 5) is 8.39. The van der Waals surface area contributed by atoms with Gasteiger partial charge >= 0.3 is 0 Å². The Balaban J connectivity index is 2.23. The van der Waals surface area contributed by atoms with Gasteiger partial charge in [0.25, 0.3) is 0 Å². The molecule has 2 aromatic heterocycles. The van der Waals surface area contributed by atoms with Crippen molar-refractivity contribution in [2.24, 2.45) is 0 Å². The second-order valence-corrected chi connectivity index (χ2v) is 6.62. The lowest BCUT2D eigenvalue weighted by atomic mass is 10.2. The van der Waals surface area contributed by atoms with Crippen LogP contribution in [0.5, 0.6) is 0 Å². The smallest absolute Gasteiger partial charge is 0.129 e. The van der Waals surface area contributed by atoms with Gasteiger partial charge in [0.2, 0.25) is 0 Å². The first-order valence-corrected chi connectivity index (χ1v) is 8.52. The lowest BCUT2D eigenvalue weighted by Gasteiger charge is -2.28. The molecule has 0 fully saturated rings. The van der Waals surface area contributed by atoms with Gasteiger partial charge in [-0.05, 0) is 44.0 Å². The Morgan fingerprint density at radius 2 is 2.14 bits per heavy atom. The van der Waals surface area contributed by atoms with Crippen molar-refractivity contribution in [3.8, 4) is 0 Å². The van der Waals surface area contributed by atoms with Crippen molar-refractivity contribution in [2.75, 3.05) is 11.4 Å². The van der Waals surface area contributed by atoms with E-state index in [-0.39, 0.29) is 0 Å². The average Bonchev–Trinajstić information content (AvgIpc) is 2.97. The maximum Gasteiger partial charge on any atom is 0.129 e. The second kappa shape index (κ2) is 7.78. The van der Waals surface area contributed by atoms with E-state index in [1.165, 1.54) is 4.88 Å². The summed E-state index contributed by atoms with van der Waals surface area (Å²) in [5.41, 5.74) is 0.910. The zero-order valence-electron chi connectivity index (χ0n) is 12.8. The minimum absolute atomic E-state index is 0.382. The number of halogens is 1. The first-order valence-electron chi connectivity index (χ1n) is 7.27. The van der Waals surface area contributed by atoms with Crippen molar-refractivity contribution in [2.45, 2.75) is 39.9 Å². The molecule has 0 saturated carbocycles. The molecule has 0 spiro atoms. The summed E-state index contributed by atoms with van der Waals surface area (Å²) < 4.78 is 0. The minimum Gasteiger partial charge on any atom is -0.349 e. The molecule has 1 N–H and O–H groups in total. The molecule has 0 aromatic carbocycles. The fourth-order valence-electron chi connectivity index (χ4n) is 2.10. The molecule has 0 unspecified atom stereocenters. The topological polar surface area (TPSA) is 28.2 Å². The van der Waals surface area contributed by atoms with Crippen molar-refractivity contribution in [1.82, 2.24) is 10.3 Å². The summed E-state index contributed by atoms with van der Waals surface area (Å²) in [7, 11) is 0. The molecule has 0 aliphatic rings. The largest absolute Gasteiger partial charge is 0.349 e. The zero-order chi connectivity index (χ0) is 15.2. The van der Waals surface area contributed by atoms with Crippen LogP contribution in [0.3, 0.4) is 0 Å². The van der Waals surface area contributed by atoms with E-state index in [0.29, 0.717) is 12.6 Å². The molecule has 5 heteroatoms. The van der Waals surface area contributed by atoms with Crippen LogP contribution < -0.4 is 10.2 Å². The highest BCUT2D eigenvalue weighted by molar-refractivity contribution is 7.09. The van der Waals surface area contributed by atoms with Crippen LogP contribution >= 0.6 is 22.9 Å². The standard InChI is InChI=1S/C16H22ClN3S/c1-4-18-10-15-14(17)7-8-16(19-15)20(12(2)3)11-13-6-5-9-21-13/h5-9,12,18H,4,10-11H2,1-3H3. The zero-order valence-corrected chi connectivity index (χ0v) is 14.3. The summed E-state index contributed by atoms with van der Waals surface area (Å²) >= 11 is 8.02. The van der Waals surface area contributed by atoms with E-state index < -0.39 is 0 Å². The van der Waals surface area contributed by atoms with Gasteiger partial charge in [-0.15, -0.1) is 11.3 Å². The predicted molar refractivity (Wildman–Crippen MR) is 92.3 cm³/mol. The number of nitrogens with one attached hydrogen (secondary N) is 1. The molecule has 0 aliphatic heterocycles. The number of pyridine rings is 1. The van der Waals surface area contributed by atoms with Gasteiger partial charge in [0, 0.05) is 17.5 Å². The quantitative estimate of drug-likeness (QED) is 0.822. The Hall–Kier alpha value is -1.10. The first-order chi connectivity index (χ1) is 10.1. The molecule has 3 nitrogen and oxygen atoms in total. The number of hydrogen-bond donors (Lipinski definition) is 1. The number of thiophene rings is 1. The summed E-state index contributed by atoms with van der Waals surface area (Å²) in [5.74, 6) is 0.982. The van der Waals surface area contributed by atoms with Gasteiger partial charge in [-0.2, -0.15) is 0 Å². The van der Waals surface area contributed by atoms with E-state index in [9.17, 15) is 0 Å². The number of aromatic nitrogens is 1. The fourth-order valence-corrected chi connectivity index (χ4v) is 2.97. The highest BCUT2D eigenvalue weighted by Crippen LogP contribution is 2.23. The van der Waals surface area contributed by atoms with E-state index >= 15 is 0 Å². The lowest BCUT2D eigenvalue weighted by molar-refractivity contribution is 0.666. The van der Waals surface area contributed by atoms with Gasteiger partial charge in [-0.25, -0.2) is 4.98 Å². The van der Waals surface area contributed by atoms with Crippen LogP contribution in [0.15, 0.2) is 29.6 Å². The third-order valence-corrected chi connectivity index (χ3v) is 4.48. The summed E-state index contributed by atoms with van der Waals surface area (Å²) in [6.07, 6.45) is 0. The number of nitrogens with zero attached hydrogens (tertiary/aromatic N) is 2. The van der Waals surface area contributed by atoms with Gasteiger partial charge in [0.15, 0.2) is 0 Å². The number of hydrogen-bond acceptors (Lipinski definition) is 4. The molecule has 21 heavy (non-hydrogen) atoms. The summed E-state index contributed by atoms with van der Waals surface area (Å²) in [5, 5.41) is 6.12. The highest BCUT2D eigenvalue weighted by Gasteiger charge is 2.15. The van der Waals surface area contributed by atoms with E-state index in [0.717, 1.165) is 29.6 Å². The Bertz CT molecular complexity index is 555. The molecule has 2 rings (SSSR count). The Morgan fingerprint density at radius 3 is 2.76 bits per heavy atom. The third-order valence-electron chi connectivity index (χ3n) is 3.27. The highest BCUT2D eigenvalue weighted by atomic mass is 35.5. The fraction of sp³-hybridized carbons (Fsp3) is 0.438. The molecule has 0 aliphatic carbocycles. The van der Waals surface area contributed by atoms with Crippen LogP contribution in [0.2, 0.25) is 5.02 Å². The third kappa shape index (κ3) is 4.43. The van der Waals surface area contributed by atoms with Gasteiger partial charge in [0.05, 0.1) is 17.3 Å². The molecule has 0 radical (unpaired) electrons. The Kier molecular flexibility index (Phi) is 6.03. The van der Waals surface area contributed by atoms with E-state index in [1.807, 2.05) is 12.1 Å². The van der Waals surface area contributed by atoms with Crippen LogP contribution in [0.25, 0.3) is 0 Å². The van der Waals surface area contributed by atoms with E-state index in [4.69, 9.17) is 16.6 Å². The Labute approximate surface area is 136 Å². The SMILES string of the molecule is CCNCc1nc(N(Cc2cccs2)C(C)C)ccc1Cl. The van der Waals surface area contributed by atoms with Gasteiger partial charge in [0.1, 0.15) is 5.82 Å². The average molecular weight is 324 g/mol. The maximum absolute atomic E-state index is 6.24. The number of anilines is 1. The lowest BCUT2D eigenvalue weighted by Crippen LogP contribution is -2.31. The molecule has 0 saturated heterocycles. The normalized spacial score (nSPS) is 11.1. The van der Waals surface area contributed by atoms with Crippen molar-refractivity contribution in [1.29, 1.82) is 0 Å². The summed E-state index contributed by atoms with van der Waals surface area (Å²) in [6.45, 7) is 8.95. The first kappa shape index (κ1) is 16.3. The van der Waals surface area contributed by atoms with E-state index in [2.05, 4.69) is 48.5 Å².